The van der Waals surface area contributed by atoms with Gasteiger partial charge in [-0.2, -0.15) is 0 Å². The standard InChI is InChI=1S/C16H14N2OS.W/c1-2-4-14(5-3-1)16-18-15(12-20-16)6-8-17-10-13-7-9-19-11-13;/h1-5,7,9,11-12,17H,6,8H2;. The fourth-order valence-electron chi connectivity index (χ4n) is 1.93. The molecule has 0 bridgehead atoms. The van der Waals surface area contributed by atoms with Crippen LogP contribution in [0, 0.1) is 0 Å². The molecule has 0 aliphatic rings. The molecule has 21 heavy (non-hydrogen) atoms. The molecule has 0 fully saturated rings. The van der Waals surface area contributed by atoms with Crippen molar-refractivity contribution in [1.29, 1.82) is 0 Å². The van der Waals surface area contributed by atoms with Crippen LogP contribution in [-0.2, 0) is 25.8 Å². The molecule has 0 spiro atoms. The SMILES string of the molecule is [W]=[C](NCCc1csc(-c2ccccc2)n1)c1ccoc1. The number of rotatable bonds is 6. The van der Waals surface area contributed by atoms with Crippen molar-refractivity contribution in [1.82, 2.24) is 10.3 Å². The number of furan rings is 1. The van der Waals surface area contributed by atoms with Crippen LogP contribution in [0.4, 0.5) is 0 Å². The molecule has 106 valence electrons. The first-order valence-electron chi connectivity index (χ1n) is 6.63. The van der Waals surface area contributed by atoms with Gasteiger partial charge < -0.3 is 0 Å². The van der Waals surface area contributed by atoms with Crippen molar-refractivity contribution in [2.45, 2.75) is 6.42 Å². The van der Waals surface area contributed by atoms with Crippen LogP contribution in [0.15, 0.2) is 58.7 Å². The molecule has 2 heterocycles. The quantitative estimate of drug-likeness (QED) is 0.607. The van der Waals surface area contributed by atoms with Crippen molar-refractivity contribution >= 4 is 15.4 Å². The zero-order valence-corrected chi connectivity index (χ0v) is 15.0. The number of nitrogens with zero attached hydrogens (tertiary/aromatic N) is 1. The zero-order chi connectivity index (χ0) is 14.5. The zero-order valence-electron chi connectivity index (χ0n) is 11.3. The van der Waals surface area contributed by atoms with Crippen LogP contribution >= 0.6 is 11.3 Å². The van der Waals surface area contributed by atoms with E-state index < -0.39 is 0 Å². The average molecular weight is 466 g/mol. The number of benzene rings is 1. The number of aromatic nitrogens is 1. The van der Waals surface area contributed by atoms with Gasteiger partial charge in [0, 0.05) is 0 Å². The molecule has 0 amide bonds. The summed E-state index contributed by atoms with van der Waals surface area (Å²) in [6, 6.07) is 12.3. The van der Waals surface area contributed by atoms with Crippen molar-refractivity contribution < 1.29 is 23.8 Å². The van der Waals surface area contributed by atoms with Gasteiger partial charge in [-0.3, -0.25) is 0 Å². The Morgan fingerprint density at radius 2 is 2.10 bits per heavy atom. The molecule has 3 nitrogen and oxygen atoms in total. The van der Waals surface area contributed by atoms with Gasteiger partial charge in [0.25, 0.3) is 0 Å². The van der Waals surface area contributed by atoms with Crippen LogP contribution in [0.25, 0.3) is 10.6 Å². The van der Waals surface area contributed by atoms with Gasteiger partial charge in [0.1, 0.15) is 0 Å². The summed E-state index contributed by atoms with van der Waals surface area (Å²) in [6.45, 7) is 0.891. The summed E-state index contributed by atoms with van der Waals surface area (Å²) in [6.07, 6.45) is 4.40. The van der Waals surface area contributed by atoms with Crippen LogP contribution in [-0.4, -0.2) is 15.6 Å². The first kappa shape index (κ1) is 14.6. The third-order valence-corrected chi connectivity index (χ3v) is 5.33. The number of nitrogens with one attached hydrogen (secondary N) is 1. The number of thiazole rings is 1. The maximum absolute atomic E-state index is 5.09. The summed E-state index contributed by atoms with van der Waals surface area (Å²) < 4.78 is 6.30. The van der Waals surface area contributed by atoms with Crippen molar-refractivity contribution in [2.75, 3.05) is 6.54 Å². The first-order valence-corrected chi connectivity index (χ1v) is 8.98. The minimum absolute atomic E-state index is 0.891. The van der Waals surface area contributed by atoms with Crippen LogP contribution in [0.3, 0.4) is 0 Å². The predicted molar refractivity (Wildman–Crippen MR) is 82.1 cm³/mol. The molecule has 3 rings (SSSR count). The molecule has 0 atom stereocenters. The molecule has 0 unspecified atom stereocenters. The third-order valence-electron chi connectivity index (χ3n) is 3.02. The van der Waals surface area contributed by atoms with E-state index in [-0.39, 0.29) is 0 Å². The van der Waals surface area contributed by atoms with E-state index in [1.165, 1.54) is 28.9 Å². The van der Waals surface area contributed by atoms with Crippen LogP contribution in [0.2, 0.25) is 0 Å². The van der Waals surface area contributed by atoms with E-state index in [0.29, 0.717) is 0 Å². The monoisotopic (exact) mass is 466 g/mol. The molecule has 0 radical (unpaired) electrons. The second kappa shape index (κ2) is 7.08. The van der Waals surface area contributed by atoms with Gasteiger partial charge >= 0.3 is 139 Å². The Kier molecular flexibility index (Phi) is 4.91. The van der Waals surface area contributed by atoms with Gasteiger partial charge in [0.05, 0.1) is 0 Å². The van der Waals surface area contributed by atoms with Crippen molar-refractivity contribution in [3.63, 3.8) is 0 Å². The Labute approximate surface area is 138 Å². The predicted octanol–water partition coefficient (Wildman–Crippen LogP) is 3.26. The summed E-state index contributed by atoms with van der Waals surface area (Å²) in [5.74, 6) is 0. The van der Waals surface area contributed by atoms with Gasteiger partial charge in [0.2, 0.25) is 0 Å². The van der Waals surface area contributed by atoms with Crippen molar-refractivity contribution in [3.05, 3.63) is 65.6 Å². The van der Waals surface area contributed by atoms with E-state index in [1.807, 2.05) is 24.3 Å². The summed E-state index contributed by atoms with van der Waals surface area (Å²) in [4.78, 5) is 4.70. The van der Waals surface area contributed by atoms with E-state index in [9.17, 15) is 0 Å². The molecule has 3 aromatic rings. The topological polar surface area (TPSA) is 38.1 Å². The molecular weight excluding hydrogens is 452 g/mol. The Hall–Kier alpha value is -1.35. The molecule has 1 aromatic carbocycles. The van der Waals surface area contributed by atoms with Gasteiger partial charge in [-0.25, -0.2) is 0 Å². The first-order chi connectivity index (χ1) is 10.3. The average Bonchev–Trinajstić information content (AvgIpc) is 3.20. The molecule has 0 aliphatic carbocycles. The van der Waals surface area contributed by atoms with E-state index >= 15 is 0 Å². The molecule has 0 saturated heterocycles. The molecule has 0 saturated carbocycles. The third kappa shape index (κ3) is 3.85. The van der Waals surface area contributed by atoms with Crippen LogP contribution in [0.5, 0.6) is 0 Å². The van der Waals surface area contributed by atoms with E-state index in [0.717, 1.165) is 29.2 Å². The fraction of sp³-hybridized carbons (Fsp3) is 0.125. The summed E-state index contributed by atoms with van der Waals surface area (Å²) in [7, 11) is 0. The molecule has 2 aromatic heterocycles. The summed E-state index contributed by atoms with van der Waals surface area (Å²) in [5, 5.41) is 6.67. The molecule has 5 heteroatoms. The van der Waals surface area contributed by atoms with Gasteiger partial charge in [-0.05, 0) is 0 Å². The number of hydrogen-bond acceptors (Lipinski definition) is 4. The van der Waals surface area contributed by atoms with E-state index in [1.54, 1.807) is 23.9 Å². The molecule has 0 aliphatic heterocycles. The second-order valence-electron chi connectivity index (χ2n) is 4.53. The molecule has 1 N–H and O–H groups in total. The Morgan fingerprint density at radius 1 is 1.24 bits per heavy atom. The van der Waals surface area contributed by atoms with Gasteiger partial charge in [0.15, 0.2) is 0 Å². The Bertz CT molecular complexity index is 707. The Morgan fingerprint density at radius 3 is 2.86 bits per heavy atom. The minimum atomic E-state index is 0.891. The molecular formula is C16H14N2OSW. The van der Waals surface area contributed by atoms with Crippen LogP contribution < -0.4 is 5.32 Å². The van der Waals surface area contributed by atoms with Crippen molar-refractivity contribution in [2.24, 2.45) is 0 Å². The Balaban J connectivity index is 1.55. The van der Waals surface area contributed by atoms with E-state index in [4.69, 9.17) is 9.40 Å². The second-order valence-corrected chi connectivity index (χ2v) is 6.85. The fourth-order valence-corrected chi connectivity index (χ4v) is 3.58. The van der Waals surface area contributed by atoms with E-state index in [2.05, 4.69) is 22.8 Å². The summed E-state index contributed by atoms with van der Waals surface area (Å²) in [5.41, 5.74) is 3.46. The summed E-state index contributed by atoms with van der Waals surface area (Å²) >= 11 is 3.12. The maximum atomic E-state index is 5.09. The van der Waals surface area contributed by atoms with Gasteiger partial charge in [-0.1, -0.05) is 0 Å². The van der Waals surface area contributed by atoms with Crippen LogP contribution in [0.1, 0.15) is 11.3 Å². The number of hydrogen-bond donors (Lipinski definition) is 1. The normalized spacial score (nSPS) is 10.7. The van der Waals surface area contributed by atoms with Gasteiger partial charge in [-0.15, -0.1) is 0 Å². The van der Waals surface area contributed by atoms with Crippen molar-refractivity contribution in [3.8, 4) is 10.6 Å².